The number of ether oxygens (including phenoxy) is 5. The summed E-state index contributed by atoms with van der Waals surface area (Å²) < 4.78 is 29.2. The molecule has 0 radical (unpaired) electrons. The van der Waals surface area contributed by atoms with Crippen LogP contribution in [-0.4, -0.2) is 43.8 Å². The predicted molar refractivity (Wildman–Crippen MR) is 115 cm³/mol. The second-order valence-corrected chi connectivity index (χ2v) is 7.52. The zero-order chi connectivity index (χ0) is 22.2. The van der Waals surface area contributed by atoms with Gasteiger partial charge in [-0.2, -0.15) is 5.10 Å². The number of methoxy groups -OCH3 is 3. The third-order valence-electron chi connectivity index (χ3n) is 5.77. The quantitative estimate of drug-likeness (QED) is 0.633. The average Bonchev–Trinajstić information content (AvgIpc) is 3.44. The molecule has 1 atom stereocenters. The van der Waals surface area contributed by atoms with Crippen molar-refractivity contribution in [1.82, 2.24) is 9.78 Å². The molecule has 2 aliphatic heterocycles. The highest BCUT2D eigenvalue weighted by Gasteiger charge is 2.33. The van der Waals surface area contributed by atoms with Crippen molar-refractivity contribution >= 4 is 11.7 Å². The monoisotopic (exact) mass is 437 g/mol. The Balaban J connectivity index is 1.53. The number of hydrogen-bond acceptors (Lipinski definition) is 7. The van der Waals surface area contributed by atoms with E-state index in [0.717, 1.165) is 22.4 Å². The van der Waals surface area contributed by atoms with E-state index in [1.165, 1.54) is 0 Å². The minimum absolute atomic E-state index is 0.0909. The molecule has 0 unspecified atom stereocenters. The van der Waals surface area contributed by atoms with Crippen molar-refractivity contribution in [1.29, 1.82) is 0 Å². The summed E-state index contributed by atoms with van der Waals surface area (Å²) in [4.78, 5) is 12.7. The SMILES string of the molecule is COc1ccc([C@H]2CC(=O)Nc3c2cnn3Cc2ccc3c(c2)OCO3)c(OC)c1OC. The molecule has 0 saturated carbocycles. The molecule has 3 aromatic rings. The zero-order valence-corrected chi connectivity index (χ0v) is 18.0. The second kappa shape index (κ2) is 7.99. The number of carbonyl (C=O) groups excluding carboxylic acids is 1. The topological polar surface area (TPSA) is 93.1 Å². The Morgan fingerprint density at radius 2 is 1.84 bits per heavy atom. The fraction of sp³-hybridized carbons (Fsp3) is 0.304. The lowest BCUT2D eigenvalue weighted by Crippen LogP contribution is -2.25. The van der Waals surface area contributed by atoms with Gasteiger partial charge in [0.15, 0.2) is 23.0 Å². The molecule has 0 saturated heterocycles. The number of carbonyl (C=O) groups is 1. The van der Waals surface area contributed by atoms with Crippen LogP contribution in [0.15, 0.2) is 36.5 Å². The Hall–Kier alpha value is -3.88. The Morgan fingerprint density at radius 1 is 1.03 bits per heavy atom. The minimum Gasteiger partial charge on any atom is -0.493 e. The number of hydrogen-bond donors (Lipinski definition) is 1. The van der Waals surface area contributed by atoms with Gasteiger partial charge >= 0.3 is 0 Å². The van der Waals surface area contributed by atoms with E-state index in [4.69, 9.17) is 23.7 Å². The van der Waals surface area contributed by atoms with Crippen LogP contribution in [0, 0.1) is 0 Å². The smallest absolute Gasteiger partial charge is 0.231 e. The van der Waals surface area contributed by atoms with Crippen LogP contribution in [0.4, 0.5) is 5.82 Å². The van der Waals surface area contributed by atoms with Crippen molar-refractivity contribution in [3.63, 3.8) is 0 Å². The minimum atomic E-state index is -0.237. The molecule has 166 valence electrons. The maximum Gasteiger partial charge on any atom is 0.231 e. The Kier molecular flexibility index (Phi) is 5.01. The van der Waals surface area contributed by atoms with Crippen LogP contribution in [0.25, 0.3) is 0 Å². The molecule has 0 spiro atoms. The molecule has 2 aliphatic rings. The summed E-state index contributed by atoms with van der Waals surface area (Å²) in [5, 5.41) is 7.54. The van der Waals surface area contributed by atoms with Crippen LogP contribution >= 0.6 is 0 Å². The third-order valence-corrected chi connectivity index (χ3v) is 5.77. The van der Waals surface area contributed by atoms with E-state index in [-0.39, 0.29) is 25.0 Å². The van der Waals surface area contributed by atoms with E-state index < -0.39 is 0 Å². The van der Waals surface area contributed by atoms with E-state index in [2.05, 4.69) is 10.4 Å². The summed E-state index contributed by atoms with van der Waals surface area (Å²) >= 11 is 0. The largest absolute Gasteiger partial charge is 0.493 e. The lowest BCUT2D eigenvalue weighted by molar-refractivity contribution is -0.116. The van der Waals surface area contributed by atoms with Crippen LogP contribution in [-0.2, 0) is 11.3 Å². The normalized spacial score (nSPS) is 16.3. The standard InChI is InChI=1S/C23H23N3O6/c1-28-18-7-5-14(21(29-2)22(18)30-3)15-9-20(27)25-23-16(15)10-24-26(23)11-13-4-6-17-19(8-13)32-12-31-17/h4-8,10,15H,9,11-12H2,1-3H3,(H,25,27)/t15-/m1/s1. The first-order valence-electron chi connectivity index (χ1n) is 10.2. The van der Waals surface area contributed by atoms with E-state index >= 15 is 0 Å². The number of rotatable bonds is 6. The van der Waals surface area contributed by atoms with Gasteiger partial charge in [-0.05, 0) is 23.8 Å². The summed E-state index contributed by atoms with van der Waals surface area (Å²) in [6.07, 6.45) is 2.07. The lowest BCUT2D eigenvalue weighted by atomic mass is 9.86. The number of nitrogens with zero attached hydrogens (tertiary/aromatic N) is 2. The highest BCUT2D eigenvalue weighted by Crippen LogP contribution is 2.47. The first-order chi connectivity index (χ1) is 15.6. The van der Waals surface area contributed by atoms with Gasteiger partial charge in [0, 0.05) is 23.5 Å². The van der Waals surface area contributed by atoms with Gasteiger partial charge in [0.2, 0.25) is 18.4 Å². The fourth-order valence-electron chi connectivity index (χ4n) is 4.28. The maximum atomic E-state index is 12.7. The molecule has 1 amide bonds. The molecule has 3 heterocycles. The maximum absolute atomic E-state index is 12.7. The predicted octanol–water partition coefficient (Wildman–Crippen LogP) is 3.16. The Morgan fingerprint density at radius 3 is 2.62 bits per heavy atom. The van der Waals surface area contributed by atoms with Crippen molar-refractivity contribution in [3.8, 4) is 28.7 Å². The summed E-state index contributed by atoms with van der Waals surface area (Å²) in [6, 6.07) is 9.49. The van der Waals surface area contributed by atoms with Crippen molar-refractivity contribution in [2.45, 2.75) is 18.9 Å². The molecule has 1 aromatic heterocycles. The Bertz CT molecular complexity index is 1190. The first kappa shape index (κ1) is 20.0. The third kappa shape index (κ3) is 3.26. The number of fused-ring (bicyclic) bond motifs is 2. The van der Waals surface area contributed by atoms with Crippen molar-refractivity contribution in [3.05, 3.63) is 53.2 Å². The van der Waals surface area contributed by atoms with Gasteiger partial charge < -0.3 is 29.0 Å². The van der Waals surface area contributed by atoms with Crippen molar-refractivity contribution < 1.29 is 28.5 Å². The summed E-state index contributed by atoms with van der Waals surface area (Å²) in [7, 11) is 4.71. The van der Waals surface area contributed by atoms with Gasteiger partial charge in [-0.15, -0.1) is 0 Å². The van der Waals surface area contributed by atoms with E-state index in [9.17, 15) is 4.79 Å². The van der Waals surface area contributed by atoms with Gasteiger partial charge in [0.25, 0.3) is 0 Å². The van der Waals surface area contributed by atoms with Crippen LogP contribution in [0.2, 0.25) is 0 Å². The average molecular weight is 437 g/mol. The summed E-state index contributed by atoms with van der Waals surface area (Å²) in [5.74, 6) is 3.37. The molecule has 0 aliphatic carbocycles. The summed E-state index contributed by atoms with van der Waals surface area (Å²) in [5.41, 5.74) is 2.74. The van der Waals surface area contributed by atoms with Gasteiger partial charge in [-0.3, -0.25) is 4.79 Å². The highest BCUT2D eigenvalue weighted by molar-refractivity contribution is 5.94. The number of anilines is 1. The molecule has 2 aromatic carbocycles. The fourth-order valence-corrected chi connectivity index (χ4v) is 4.28. The van der Waals surface area contributed by atoms with E-state index in [1.807, 2.05) is 30.3 Å². The van der Waals surface area contributed by atoms with E-state index in [0.29, 0.717) is 35.4 Å². The molecular formula is C23H23N3O6. The van der Waals surface area contributed by atoms with Crippen LogP contribution in [0.5, 0.6) is 28.7 Å². The molecule has 0 bridgehead atoms. The lowest BCUT2D eigenvalue weighted by Gasteiger charge is -2.26. The number of aromatic nitrogens is 2. The van der Waals surface area contributed by atoms with Gasteiger partial charge in [0.05, 0.1) is 34.1 Å². The zero-order valence-electron chi connectivity index (χ0n) is 18.0. The van der Waals surface area contributed by atoms with E-state index in [1.54, 1.807) is 32.2 Å². The van der Waals surface area contributed by atoms with Gasteiger partial charge in [-0.1, -0.05) is 12.1 Å². The van der Waals surface area contributed by atoms with Crippen LogP contribution in [0.3, 0.4) is 0 Å². The van der Waals surface area contributed by atoms with Crippen molar-refractivity contribution in [2.24, 2.45) is 0 Å². The Labute approximate surface area is 184 Å². The molecule has 32 heavy (non-hydrogen) atoms. The summed E-state index contributed by atoms with van der Waals surface area (Å²) in [6.45, 7) is 0.697. The number of benzene rings is 2. The molecule has 0 fully saturated rings. The van der Waals surface area contributed by atoms with Gasteiger partial charge in [-0.25, -0.2) is 4.68 Å². The number of amides is 1. The van der Waals surface area contributed by atoms with Crippen molar-refractivity contribution in [2.75, 3.05) is 33.4 Å². The number of nitrogens with one attached hydrogen (secondary N) is 1. The highest BCUT2D eigenvalue weighted by atomic mass is 16.7. The van der Waals surface area contributed by atoms with Crippen LogP contribution in [0.1, 0.15) is 29.0 Å². The molecule has 5 rings (SSSR count). The molecule has 9 heteroatoms. The first-order valence-corrected chi connectivity index (χ1v) is 10.2. The van der Waals surface area contributed by atoms with Crippen LogP contribution < -0.4 is 29.0 Å². The molecule has 9 nitrogen and oxygen atoms in total. The van der Waals surface area contributed by atoms with Gasteiger partial charge in [0.1, 0.15) is 5.82 Å². The second-order valence-electron chi connectivity index (χ2n) is 7.52. The molecular weight excluding hydrogens is 414 g/mol. The molecule has 1 N–H and O–H groups in total.